The van der Waals surface area contributed by atoms with Crippen molar-refractivity contribution in [3.8, 4) is 5.75 Å². The molecule has 2 N–H and O–H groups in total. The van der Waals surface area contributed by atoms with E-state index in [0.717, 1.165) is 8.95 Å². The lowest BCUT2D eigenvalue weighted by Gasteiger charge is -2.11. The summed E-state index contributed by atoms with van der Waals surface area (Å²) in [5.41, 5.74) is 5.25. The Labute approximate surface area is 127 Å². The minimum atomic E-state index is -0.625. The van der Waals surface area contributed by atoms with Crippen molar-refractivity contribution in [2.45, 2.75) is 26.0 Å². The summed E-state index contributed by atoms with van der Waals surface area (Å²) in [4.78, 5) is 4.19. The summed E-state index contributed by atoms with van der Waals surface area (Å²) in [6.45, 7) is 3.82. The molecule has 0 fully saturated rings. The van der Waals surface area contributed by atoms with Gasteiger partial charge in [0, 0.05) is 4.47 Å². The Morgan fingerprint density at radius 1 is 1.37 bits per heavy atom. The molecule has 0 aliphatic carbocycles. The number of ether oxygens (including phenoxy) is 1. The number of aromatic nitrogens is 2. The van der Waals surface area contributed by atoms with Crippen molar-refractivity contribution < 1.29 is 9.26 Å². The van der Waals surface area contributed by atoms with Crippen LogP contribution in [-0.2, 0) is 12.1 Å². The van der Waals surface area contributed by atoms with Crippen LogP contribution in [0.15, 0.2) is 31.7 Å². The number of hydrogen-bond donors (Lipinski definition) is 1. The monoisotopic (exact) mass is 389 g/mol. The number of nitrogens with zero attached hydrogens (tertiary/aromatic N) is 2. The number of hydrogen-bond acceptors (Lipinski definition) is 5. The van der Waals surface area contributed by atoms with E-state index in [9.17, 15) is 0 Å². The van der Waals surface area contributed by atoms with Gasteiger partial charge < -0.3 is 15.0 Å². The lowest BCUT2D eigenvalue weighted by molar-refractivity contribution is 0.240. The molecule has 0 bridgehead atoms. The molecule has 0 aliphatic rings. The first kappa shape index (κ1) is 14.5. The minimum Gasteiger partial charge on any atom is -0.483 e. The first-order valence-corrected chi connectivity index (χ1v) is 7.14. The van der Waals surface area contributed by atoms with Gasteiger partial charge in [-0.2, -0.15) is 4.98 Å². The normalized spacial score (nSPS) is 11.6. The highest BCUT2D eigenvalue weighted by Gasteiger charge is 2.21. The molecule has 0 unspecified atom stereocenters. The third kappa shape index (κ3) is 3.77. The summed E-state index contributed by atoms with van der Waals surface area (Å²) >= 11 is 6.79. The summed E-state index contributed by atoms with van der Waals surface area (Å²) in [5.74, 6) is 1.55. The Bertz CT molecular complexity index is 579. The van der Waals surface area contributed by atoms with Gasteiger partial charge in [-0.15, -0.1) is 0 Å². The molecule has 1 aromatic carbocycles. The largest absolute Gasteiger partial charge is 0.483 e. The van der Waals surface area contributed by atoms with Crippen LogP contribution < -0.4 is 10.5 Å². The summed E-state index contributed by atoms with van der Waals surface area (Å²) < 4.78 is 12.5. The van der Waals surface area contributed by atoms with Crippen LogP contribution in [0.25, 0.3) is 0 Å². The van der Waals surface area contributed by atoms with E-state index in [1.807, 2.05) is 32.0 Å². The van der Waals surface area contributed by atoms with Crippen molar-refractivity contribution >= 4 is 31.9 Å². The summed E-state index contributed by atoms with van der Waals surface area (Å²) in [5, 5.41) is 3.83. The third-order valence-corrected chi connectivity index (χ3v) is 3.40. The molecule has 7 heteroatoms. The second kappa shape index (κ2) is 5.60. The first-order valence-electron chi connectivity index (χ1n) is 5.56. The highest BCUT2D eigenvalue weighted by atomic mass is 79.9. The minimum absolute atomic E-state index is 0.198. The summed E-state index contributed by atoms with van der Waals surface area (Å²) in [7, 11) is 0. The van der Waals surface area contributed by atoms with Crippen LogP contribution >= 0.6 is 31.9 Å². The van der Waals surface area contributed by atoms with Gasteiger partial charge in [-0.1, -0.05) is 21.1 Å². The van der Waals surface area contributed by atoms with E-state index in [2.05, 4.69) is 42.0 Å². The van der Waals surface area contributed by atoms with Crippen LogP contribution in [0.2, 0.25) is 0 Å². The van der Waals surface area contributed by atoms with Crippen molar-refractivity contribution in [1.29, 1.82) is 0 Å². The van der Waals surface area contributed by atoms with Gasteiger partial charge in [-0.05, 0) is 48.0 Å². The maximum absolute atomic E-state index is 5.88. The van der Waals surface area contributed by atoms with Gasteiger partial charge in [-0.3, -0.25) is 0 Å². The van der Waals surface area contributed by atoms with E-state index in [1.165, 1.54) is 0 Å². The second-order valence-electron chi connectivity index (χ2n) is 4.60. The van der Waals surface area contributed by atoms with E-state index in [1.54, 1.807) is 0 Å². The molecule has 0 aliphatic heterocycles. The molecule has 0 saturated heterocycles. The van der Waals surface area contributed by atoms with Gasteiger partial charge in [0.05, 0.1) is 10.0 Å². The standard InChI is InChI=1S/C12H13Br2N3O2/c1-12(2,15)11-16-10(19-17-11)6-18-9-4-3-7(13)5-8(9)14/h3-5H,6,15H2,1-2H3. The zero-order valence-electron chi connectivity index (χ0n) is 10.5. The predicted molar refractivity (Wildman–Crippen MR) is 77.7 cm³/mol. The molecule has 1 aromatic heterocycles. The second-order valence-corrected chi connectivity index (χ2v) is 6.37. The highest BCUT2D eigenvalue weighted by Crippen LogP contribution is 2.28. The quantitative estimate of drug-likeness (QED) is 0.866. The van der Waals surface area contributed by atoms with Crippen LogP contribution in [0.3, 0.4) is 0 Å². The lowest BCUT2D eigenvalue weighted by atomic mass is 10.1. The fraction of sp³-hybridized carbons (Fsp3) is 0.333. The van der Waals surface area contributed by atoms with Gasteiger partial charge in [0.15, 0.2) is 12.4 Å². The zero-order chi connectivity index (χ0) is 14.0. The Kier molecular flexibility index (Phi) is 4.27. The van der Waals surface area contributed by atoms with E-state index in [4.69, 9.17) is 15.0 Å². The molecule has 5 nitrogen and oxygen atoms in total. The molecule has 0 saturated carbocycles. The van der Waals surface area contributed by atoms with Crippen molar-refractivity contribution in [3.63, 3.8) is 0 Å². The van der Waals surface area contributed by atoms with Gasteiger partial charge in [0.25, 0.3) is 5.89 Å². The van der Waals surface area contributed by atoms with E-state index in [0.29, 0.717) is 17.5 Å². The van der Waals surface area contributed by atoms with Gasteiger partial charge in [0.1, 0.15) is 5.75 Å². The van der Waals surface area contributed by atoms with Crippen LogP contribution in [0, 0.1) is 0 Å². The Balaban J connectivity index is 2.04. The highest BCUT2D eigenvalue weighted by molar-refractivity contribution is 9.11. The topological polar surface area (TPSA) is 74.2 Å². The number of halogens is 2. The Hall–Kier alpha value is -0.920. The SMILES string of the molecule is CC(C)(N)c1noc(COc2ccc(Br)cc2Br)n1. The molecule has 102 valence electrons. The first-order chi connectivity index (χ1) is 8.86. The van der Waals surface area contributed by atoms with Gasteiger partial charge in [-0.25, -0.2) is 0 Å². The van der Waals surface area contributed by atoms with Crippen molar-refractivity contribution in [2.75, 3.05) is 0 Å². The van der Waals surface area contributed by atoms with E-state index < -0.39 is 5.54 Å². The number of nitrogens with two attached hydrogens (primary N) is 1. The lowest BCUT2D eigenvalue weighted by Crippen LogP contribution is -2.30. The molecular weight excluding hydrogens is 378 g/mol. The van der Waals surface area contributed by atoms with E-state index >= 15 is 0 Å². The number of benzene rings is 1. The number of rotatable bonds is 4. The molecular formula is C12H13Br2N3O2. The fourth-order valence-electron chi connectivity index (χ4n) is 1.31. The molecule has 0 radical (unpaired) electrons. The predicted octanol–water partition coefficient (Wildman–Crippen LogP) is 3.37. The summed E-state index contributed by atoms with van der Waals surface area (Å²) in [6, 6.07) is 5.64. The maximum Gasteiger partial charge on any atom is 0.264 e. The van der Waals surface area contributed by atoms with Crippen LogP contribution in [0.1, 0.15) is 25.6 Å². The average molecular weight is 391 g/mol. The molecule has 0 atom stereocenters. The van der Waals surface area contributed by atoms with Gasteiger partial charge >= 0.3 is 0 Å². The van der Waals surface area contributed by atoms with Crippen LogP contribution in [-0.4, -0.2) is 10.1 Å². The fourth-order valence-corrected chi connectivity index (χ4v) is 2.47. The van der Waals surface area contributed by atoms with Crippen molar-refractivity contribution in [3.05, 3.63) is 38.9 Å². The Morgan fingerprint density at radius 2 is 2.11 bits per heavy atom. The zero-order valence-corrected chi connectivity index (χ0v) is 13.7. The molecule has 0 spiro atoms. The van der Waals surface area contributed by atoms with Crippen LogP contribution in [0.4, 0.5) is 0 Å². The third-order valence-electron chi connectivity index (χ3n) is 2.29. The van der Waals surface area contributed by atoms with Crippen molar-refractivity contribution in [2.24, 2.45) is 5.73 Å². The molecule has 2 rings (SSSR count). The Morgan fingerprint density at radius 3 is 2.68 bits per heavy atom. The smallest absolute Gasteiger partial charge is 0.264 e. The average Bonchev–Trinajstić information content (AvgIpc) is 2.76. The van der Waals surface area contributed by atoms with Crippen molar-refractivity contribution in [1.82, 2.24) is 10.1 Å². The van der Waals surface area contributed by atoms with Gasteiger partial charge in [0.2, 0.25) is 0 Å². The summed E-state index contributed by atoms with van der Waals surface area (Å²) in [6.07, 6.45) is 0. The maximum atomic E-state index is 5.88. The molecule has 19 heavy (non-hydrogen) atoms. The van der Waals surface area contributed by atoms with E-state index in [-0.39, 0.29) is 6.61 Å². The molecule has 1 heterocycles. The molecule has 2 aromatic rings. The molecule has 0 amide bonds. The van der Waals surface area contributed by atoms with Crippen LogP contribution in [0.5, 0.6) is 5.75 Å².